The molecule has 1 aliphatic carbocycles. The molecule has 1 saturated carbocycles. The van der Waals surface area contributed by atoms with E-state index >= 15 is 0 Å². The number of carbonyl (C=O) groups excluding carboxylic acids is 1. The Morgan fingerprint density at radius 2 is 2.24 bits per heavy atom. The number of nitrogen functional groups attached to an aromatic ring is 1. The molecule has 5 nitrogen and oxygen atoms in total. The molecule has 116 valence electrons. The third-order valence-corrected chi connectivity index (χ3v) is 3.96. The van der Waals surface area contributed by atoms with Gasteiger partial charge >= 0.3 is 5.97 Å². The summed E-state index contributed by atoms with van der Waals surface area (Å²) in [7, 11) is 0. The lowest BCUT2D eigenvalue weighted by Gasteiger charge is -2.12. The molecule has 0 atom stereocenters. The van der Waals surface area contributed by atoms with Crippen LogP contribution in [0.2, 0.25) is 0 Å². The van der Waals surface area contributed by atoms with Gasteiger partial charge in [0.05, 0.1) is 18.5 Å². The van der Waals surface area contributed by atoms with Crippen molar-refractivity contribution in [1.82, 2.24) is 4.98 Å². The molecule has 1 aromatic heterocycles. The third kappa shape index (κ3) is 4.62. The number of anilines is 2. The number of esters is 1. The van der Waals surface area contributed by atoms with Crippen LogP contribution in [0.3, 0.4) is 0 Å². The van der Waals surface area contributed by atoms with Gasteiger partial charge in [0.1, 0.15) is 11.4 Å². The van der Waals surface area contributed by atoms with E-state index in [0.29, 0.717) is 23.7 Å². The summed E-state index contributed by atoms with van der Waals surface area (Å²) in [6.45, 7) is 2.95. The lowest BCUT2D eigenvalue weighted by atomic mass is 10.0. The fourth-order valence-electron chi connectivity index (χ4n) is 2.88. The van der Waals surface area contributed by atoms with Crippen LogP contribution in [0.4, 0.5) is 11.5 Å². The number of ether oxygens (including phenoxy) is 1. The molecule has 0 radical (unpaired) electrons. The summed E-state index contributed by atoms with van der Waals surface area (Å²) in [5, 5.41) is 3.24. The highest BCUT2D eigenvalue weighted by molar-refractivity contribution is 5.95. The van der Waals surface area contributed by atoms with Crippen molar-refractivity contribution >= 4 is 17.5 Å². The van der Waals surface area contributed by atoms with Gasteiger partial charge in [-0.3, -0.25) is 0 Å². The van der Waals surface area contributed by atoms with Crippen LogP contribution < -0.4 is 11.1 Å². The van der Waals surface area contributed by atoms with E-state index in [1.54, 1.807) is 19.2 Å². The minimum Gasteiger partial charge on any atom is -0.462 e. The molecule has 5 heteroatoms. The molecule has 1 aliphatic rings. The number of hydrogen-bond donors (Lipinski definition) is 2. The number of nitrogens with two attached hydrogens (primary N) is 1. The first kappa shape index (κ1) is 15.6. The number of rotatable bonds is 7. The molecule has 0 amide bonds. The van der Waals surface area contributed by atoms with Crippen molar-refractivity contribution in [3.05, 3.63) is 17.8 Å². The zero-order valence-electron chi connectivity index (χ0n) is 12.7. The Bertz CT molecular complexity index is 471. The molecule has 0 spiro atoms. The summed E-state index contributed by atoms with van der Waals surface area (Å²) in [6.07, 6.45) is 9.40. The zero-order chi connectivity index (χ0) is 15.1. The smallest absolute Gasteiger partial charge is 0.341 e. The van der Waals surface area contributed by atoms with Crippen molar-refractivity contribution < 1.29 is 9.53 Å². The molecule has 0 aliphatic heterocycles. The topological polar surface area (TPSA) is 77.2 Å². The summed E-state index contributed by atoms with van der Waals surface area (Å²) in [5.41, 5.74) is 6.58. The van der Waals surface area contributed by atoms with Gasteiger partial charge < -0.3 is 15.8 Å². The van der Waals surface area contributed by atoms with Crippen LogP contribution in [0, 0.1) is 5.92 Å². The van der Waals surface area contributed by atoms with Gasteiger partial charge in [-0.1, -0.05) is 25.7 Å². The van der Waals surface area contributed by atoms with E-state index in [1.807, 2.05) is 0 Å². The zero-order valence-corrected chi connectivity index (χ0v) is 12.7. The van der Waals surface area contributed by atoms with Crippen molar-refractivity contribution in [2.45, 2.75) is 45.4 Å². The quantitative estimate of drug-likeness (QED) is 0.596. The van der Waals surface area contributed by atoms with E-state index in [2.05, 4.69) is 10.3 Å². The van der Waals surface area contributed by atoms with Crippen LogP contribution in [0.5, 0.6) is 0 Å². The highest BCUT2D eigenvalue weighted by Gasteiger charge is 2.16. The first-order chi connectivity index (χ1) is 10.2. The van der Waals surface area contributed by atoms with Gasteiger partial charge in [0.2, 0.25) is 0 Å². The van der Waals surface area contributed by atoms with Crippen molar-refractivity contribution in [2.75, 3.05) is 24.2 Å². The Morgan fingerprint density at radius 3 is 2.95 bits per heavy atom. The summed E-state index contributed by atoms with van der Waals surface area (Å²) >= 11 is 0. The van der Waals surface area contributed by atoms with Crippen LogP contribution in [0.1, 0.15) is 55.8 Å². The number of aromatic nitrogens is 1. The fraction of sp³-hybridized carbons (Fsp3) is 0.625. The molecule has 0 unspecified atom stereocenters. The molecule has 1 heterocycles. The molecule has 0 saturated heterocycles. The lowest BCUT2D eigenvalue weighted by Crippen LogP contribution is -2.13. The maximum atomic E-state index is 11.9. The van der Waals surface area contributed by atoms with E-state index in [0.717, 1.165) is 18.9 Å². The van der Waals surface area contributed by atoms with E-state index in [9.17, 15) is 4.79 Å². The van der Waals surface area contributed by atoms with Gasteiger partial charge in [0.25, 0.3) is 0 Å². The molecule has 21 heavy (non-hydrogen) atoms. The Hall–Kier alpha value is -1.78. The minimum atomic E-state index is -0.379. The fourth-order valence-corrected chi connectivity index (χ4v) is 2.88. The SMILES string of the molecule is CCOC(=O)c1cc(N)cnc1NCCCC1CCCC1. The third-order valence-electron chi connectivity index (χ3n) is 3.96. The Labute approximate surface area is 126 Å². The van der Waals surface area contributed by atoms with Crippen LogP contribution in [0.25, 0.3) is 0 Å². The van der Waals surface area contributed by atoms with Gasteiger partial charge in [-0.25, -0.2) is 9.78 Å². The van der Waals surface area contributed by atoms with Crippen LogP contribution >= 0.6 is 0 Å². The molecule has 3 N–H and O–H groups in total. The van der Waals surface area contributed by atoms with Gasteiger partial charge in [-0.15, -0.1) is 0 Å². The molecular formula is C16H25N3O2. The summed E-state index contributed by atoms with van der Waals surface area (Å²) in [4.78, 5) is 16.1. The lowest BCUT2D eigenvalue weighted by molar-refractivity contribution is 0.0527. The van der Waals surface area contributed by atoms with Crippen molar-refractivity contribution in [3.8, 4) is 0 Å². The molecule has 1 aromatic rings. The van der Waals surface area contributed by atoms with Crippen molar-refractivity contribution in [2.24, 2.45) is 5.92 Å². The second-order valence-electron chi connectivity index (χ2n) is 5.60. The predicted molar refractivity (Wildman–Crippen MR) is 84.3 cm³/mol. The Balaban J connectivity index is 1.87. The summed E-state index contributed by atoms with van der Waals surface area (Å²) < 4.78 is 5.04. The van der Waals surface area contributed by atoms with E-state index < -0.39 is 0 Å². The average molecular weight is 291 g/mol. The number of carbonyl (C=O) groups is 1. The van der Waals surface area contributed by atoms with Crippen molar-refractivity contribution in [1.29, 1.82) is 0 Å². The van der Waals surface area contributed by atoms with E-state index in [4.69, 9.17) is 10.5 Å². The largest absolute Gasteiger partial charge is 0.462 e. The monoisotopic (exact) mass is 291 g/mol. The van der Waals surface area contributed by atoms with Crippen molar-refractivity contribution in [3.63, 3.8) is 0 Å². The predicted octanol–water partition coefficient (Wildman–Crippen LogP) is 3.22. The number of pyridine rings is 1. The summed E-state index contributed by atoms with van der Waals surface area (Å²) in [5.74, 6) is 1.07. The maximum absolute atomic E-state index is 11.9. The maximum Gasteiger partial charge on any atom is 0.341 e. The molecule has 0 aromatic carbocycles. The van der Waals surface area contributed by atoms with Gasteiger partial charge in [0.15, 0.2) is 0 Å². The van der Waals surface area contributed by atoms with Crippen LogP contribution in [-0.4, -0.2) is 24.1 Å². The highest BCUT2D eigenvalue weighted by atomic mass is 16.5. The average Bonchev–Trinajstić information content (AvgIpc) is 2.98. The first-order valence-electron chi connectivity index (χ1n) is 7.87. The standard InChI is InChI=1S/C16H25N3O2/c1-2-21-16(20)14-10-13(17)11-19-15(14)18-9-5-8-12-6-3-4-7-12/h10-12H,2-9,17H2,1H3,(H,18,19). The molecule has 1 fully saturated rings. The van der Waals surface area contributed by atoms with Gasteiger partial charge in [0, 0.05) is 6.54 Å². The van der Waals surface area contributed by atoms with E-state index in [-0.39, 0.29) is 5.97 Å². The minimum absolute atomic E-state index is 0.342. The number of hydrogen-bond acceptors (Lipinski definition) is 5. The Kier molecular flexibility index (Phi) is 5.84. The highest BCUT2D eigenvalue weighted by Crippen LogP contribution is 2.28. The molecule has 0 bridgehead atoms. The van der Waals surface area contributed by atoms with Crippen LogP contribution in [0.15, 0.2) is 12.3 Å². The normalized spacial score (nSPS) is 15.1. The second-order valence-corrected chi connectivity index (χ2v) is 5.60. The second kappa shape index (κ2) is 7.86. The van der Waals surface area contributed by atoms with Crippen LogP contribution in [-0.2, 0) is 4.74 Å². The number of nitrogens with zero attached hydrogens (tertiary/aromatic N) is 1. The van der Waals surface area contributed by atoms with Gasteiger partial charge in [-0.2, -0.15) is 0 Å². The van der Waals surface area contributed by atoms with E-state index in [1.165, 1.54) is 32.1 Å². The molecular weight excluding hydrogens is 266 g/mol. The Morgan fingerprint density at radius 1 is 1.48 bits per heavy atom. The first-order valence-corrected chi connectivity index (χ1v) is 7.87. The molecule has 2 rings (SSSR count). The summed E-state index contributed by atoms with van der Waals surface area (Å²) in [6, 6.07) is 1.62. The van der Waals surface area contributed by atoms with Gasteiger partial charge in [-0.05, 0) is 31.7 Å². The number of nitrogens with one attached hydrogen (secondary N) is 1.